The number of benzene rings is 1. The summed E-state index contributed by atoms with van der Waals surface area (Å²) in [5.41, 5.74) is 2.14. The zero-order chi connectivity index (χ0) is 13.3. The van der Waals surface area contributed by atoms with Gasteiger partial charge in [0.2, 0.25) is 0 Å². The second-order valence-corrected chi connectivity index (χ2v) is 4.42. The highest BCUT2D eigenvalue weighted by Gasteiger charge is 2.13. The van der Waals surface area contributed by atoms with E-state index >= 15 is 0 Å². The van der Waals surface area contributed by atoms with Crippen molar-refractivity contribution in [1.29, 1.82) is 0 Å². The van der Waals surface area contributed by atoms with E-state index in [1.165, 1.54) is 12.1 Å². The minimum atomic E-state index is -0.334. The Morgan fingerprint density at radius 2 is 2.06 bits per heavy atom. The molecule has 0 aliphatic heterocycles. The van der Waals surface area contributed by atoms with Crippen LogP contribution in [0.25, 0.3) is 17.0 Å². The van der Waals surface area contributed by atoms with Crippen LogP contribution < -0.4 is 0 Å². The van der Waals surface area contributed by atoms with Gasteiger partial charge in [-0.05, 0) is 24.3 Å². The molecule has 18 heavy (non-hydrogen) atoms. The number of carbonyl (C=O) groups is 1. The Labute approximate surface area is 105 Å². The number of fused-ring (bicyclic) bond motifs is 1. The van der Waals surface area contributed by atoms with Crippen molar-refractivity contribution in [3.63, 3.8) is 0 Å². The summed E-state index contributed by atoms with van der Waals surface area (Å²) in [5, 5.41) is 0.644. The molecule has 2 aromatic rings. The molecule has 0 spiro atoms. The molecule has 4 heteroatoms. The summed E-state index contributed by atoms with van der Waals surface area (Å²) < 4.78 is 15.1. The molecule has 2 rings (SSSR count). The summed E-state index contributed by atoms with van der Waals surface area (Å²) in [6, 6.07) is 4.48. The van der Waals surface area contributed by atoms with Crippen molar-refractivity contribution in [2.24, 2.45) is 7.05 Å². The van der Waals surface area contributed by atoms with Crippen LogP contribution in [0.3, 0.4) is 0 Å². The summed E-state index contributed by atoms with van der Waals surface area (Å²) >= 11 is 0. The van der Waals surface area contributed by atoms with Crippen LogP contribution >= 0.6 is 0 Å². The molecule has 0 aliphatic carbocycles. The number of halogens is 1. The second kappa shape index (κ2) is 4.64. The van der Waals surface area contributed by atoms with Gasteiger partial charge in [0, 0.05) is 43.8 Å². The molecule has 1 aromatic heterocycles. The maximum atomic E-state index is 13.3. The largest absolute Gasteiger partial charge is 0.383 e. The fourth-order valence-corrected chi connectivity index (χ4v) is 2.01. The first-order valence-electron chi connectivity index (χ1n) is 5.62. The Balaban J connectivity index is 2.72. The monoisotopic (exact) mass is 246 g/mol. The highest BCUT2D eigenvalue weighted by molar-refractivity contribution is 6.01. The average molecular weight is 246 g/mol. The molecule has 0 fully saturated rings. The molecule has 94 valence electrons. The second-order valence-electron chi connectivity index (χ2n) is 4.42. The summed E-state index contributed by atoms with van der Waals surface area (Å²) in [4.78, 5) is 13.1. The minimum Gasteiger partial charge on any atom is -0.383 e. The van der Waals surface area contributed by atoms with E-state index in [0.717, 1.165) is 17.5 Å². The standard InChI is InChI=1S/C14H15FN2O/c1-16(2)7-6-14-12(9-18)11-8-10(15)4-5-13(11)17(14)3/h4-9H,1-3H3. The fraction of sp³-hybridized carbons (Fsp3) is 0.214. The molecular weight excluding hydrogens is 231 g/mol. The van der Waals surface area contributed by atoms with Crippen molar-refractivity contribution in [3.8, 4) is 0 Å². The van der Waals surface area contributed by atoms with Crippen LogP contribution in [0.5, 0.6) is 0 Å². The van der Waals surface area contributed by atoms with Crippen molar-refractivity contribution >= 4 is 23.3 Å². The van der Waals surface area contributed by atoms with E-state index in [9.17, 15) is 9.18 Å². The fourth-order valence-electron chi connectivity index (χ4n) is 2.01. The normalized spacial score (nSPS) is 11.3. The van der Waals surface area contributed by atoms with Gasteiger partial charge in [-0.2, -0.15) is 0 Å². The summed E-state index contributed by atoms with van der Waals surface area (Å²) in [7, 11) is 5.67. The van der Waals surface area contributed by atoms with Gasteiger partial charge in [0.05, 0.1) is 5.69 Å². The Hall–Kier alpha value is -2.10. The maximum absolute atomic E-state index is 13.3. The maximum Gasteiger partial charge on any atom is 0.152 e. The number of hydrogen-bond donors (Lipinski definition) is 0. The van der Waals surface area contributed by atoms with E-state index in [0.29, 0.717) is 10.9 Å². The molecule has 3 nitrogen and oxygen atoms in total. The van der Waals surface area contributed by atoms with Gasteiger partial charge in [-0.1, -0.05) is 0 Å². The SMILES string of the molecule is CN(C)C=Cc1c(C=O)c2cc(F)ccc2n1C. The zero-order valence-electron chi connectivity index (χ0n) is 10.6. The van der Waals surface area contributed by atoms with Crippen LogP contribution in [0.2, 0.25) is 0 Å². The average Bonchev–Trinajstić information content (AvgIpc) is 2.58. The van der Waals surface area contributed by atoms with Gasteiger partial charge in [-0.15, -0.1) is 0 Å². The Kier molecular flexibility index (Phi) is 3.19. The summed E-state index contributed by atoms with van der Waals surface area (Å²) in [5.74, 6) is -0.334. The van der Waals surface area contributed by atoms with E-state index in [2.05, 4.69) is 0 Å². The topological polar surface area (TPSA) is 25.2 Å². The van der Waals surface area contributed by atoms with Gasteiger partial charge in [-0.3, -0.25) is 4.79 Å². The minimum absolute atomic E-state index is 0.334. The molecule has 0 bridgehead atoms. The molecule has 0 unspecified atom stereocenters. The van der Waals surface area contributed by atoms with Crippen molar-refractivity contribution in [1.82, 2.24) is 9.47 Å². The first-order chi connectivity index (χ1) is 8.54. The lowest BCUT2D eigenvalue weighted by Gasteiger charge is -2.04. The third-order valence-electron chi connectivity index (χ3n) is 2.90. The van der Waals surface area contributed by atoms with E-state index in [1.54, 1.807) is 6.07 Å². The van der Waals surface area contributed by atoms with Crippen LogP contribution in [0, 0.1) is 5.82 Å². The quantitative estimate of drug-likeness (QED) is 0.778. The van der Waals surface area contributed by atoms with Crippen LogP contribution in [0.1, 0.15) is 16.1 Å². The van der Waals surface area contributed by atoms with E-state index in [1.807, 2.05) is 42.9 Å². The van der Waals surface area contributed by atoms with E-state index in [4.69, 9.17) is 0 Å². The number of hydrogen-bond acceptors (Lipinski definition) is 2. The molecule has 0 radical (unpaired) electrons. The molecule has 0 saturated heterocycles. The number of carbonyl (C=O) groups excluding carboxylic acids is 1. The van der Waals surface area contributed by atoms with Gasteiger partial charge >= 0.3 is 0 Å². The first-order valence-corrected chi connectivity index (χ1v) is 5.62. The van der Waals surface area contributed by atoms with E-state index in [-0.39, 0.29) is 5.82 Å². The van der Waals surface area contributed by atoms with E-state index < -0.39 is 0 Å². The van der Waals surface area contributed by atoms with Crippen molar-refractivity contribution in [2.45, 2.75) is 0 Å². The van der Waals surface area contributed by atoms with Crippen LogP contribution in [-0.2, 0) is 7.05 Å². The third kappa shape index (κ3) is 2.01. The predicted octanol–water partition coefficient (Wildman–Crippen LogP) is 2.66. The lowest BCUT2D eigenvalue weighted by atomic mass is 10.1. The van der Waals surface area contributed by atoms with Crippen LogP contribution in [0.15, 0.2) is 24.4 Å². The zero-order valence-corrected chi connectivity index (χ0v) is 10.6. The third-order valence-corrected chi connectivity index (χ3v) is 2.90. The molecule has 0 saturated carbocycles. The van der Waals surface area contributed by atoms with Gasteiger partial charge in [0.1, 0.15) is 5.82 Å². The van der Waals surface area contributed by atoms with Crippen LogP contribution in [0.4, 0.5) is 4.39 Å². The first kappa shape index (κ1) is 12.4. The highest BCUT2D eigenvalue weighted by Crippen LogP contribution is 2.25. The number of aldehydes is 1. The van der Waals surface area contributed by atoms with Crippen molar-refractivity contribution < 1.29 is 9.18 Å². The molecule has 1 aromatic carbocycles. The predicted molar refractivity (Wildman–Crippen MR) is 71.0 cm³/mol. The molecular formula is C14H15FN2O. The lowest BCUT2D eigenvalue weighted by molar-refractivity contribution is 0.112. The van der Waals surface area contributed by atoms with Gasteiger partial charge in [0.25, 0.3) is 0 Å². The van der Waals surface area contributed by atoms with Gasteiger partial charge in [-0.25, -0.2) is 4.39 Å². The molecule has 0 atom stereocenters. The Bertz CT molecular complexity index is 626. The molecule has 0 aliphatic rings. The van der Waals surface area contributed by atoms with Gasteiger partial charge in [0.15, 0.2) is 6.29 Å². The lowest BCUT2D eigenvalue weighted by Crippen LogP contribution is -2.01. The van der Waals surface area contributed by atoms with Crippen molar-refractivity contribution in [2.75, 3.05) is 14.1 Å². The number of aryl methyl sites for hydroxylation is 1. The highest BCUT2D eigenvalue weighted by atomic mass is 19.1. The Morgan fingerprint density at radius 1 is 1.33 bits per heavy atom. The van der Waals surface area contributed by atoms with Crippen molar-refractivity contribution in [3.05, 3.63) is 41.5 Å². The number of rotatable bonds is 3. The van der Waals surface area contributed by atoms with Crippen LogP contribution in [-0.4, -0.2) is 29.8 Å². The smallest absolute Gasteiger partial charge is 0.152 e. The number of nitrogens with zero attached hydrogens (tertiary/aromatic N) is 2. The van der Waals surface area contributed by atoms with Gasteiger partial charge < -0.3 is 9.47 Å². The number of aromatic nitrogens is 1. The molecule has 0 amide bonds. The summed E-state index contributed by atoms with van der Waals surface area (Å²) in [6.45, 7) is 0. The Morgan fingerprint density at radius 3 is 2.67 bits per heavy atom. The molecule has 0 N–H and O–H groups in total. The molecule has 1 heterocycles. The summed E-state index contributed by atoms with van der Waals surface area (Å²) in [6.07, 6.45) is 4.48.